The Kier molecular flexibility index (Phi) is 8.00. The lowest BCUT2D eigenvalue weighted by atomic mass is 9.89. The van der Waals surface area contributed by atoms with Gasteiger partial charge in [-0.05, 0) is 82.9 Å². The van der Waals surface area contributed by atoms with Gasteiger partial charge in [-0.25, -0.2) is 4.98 Å². The van der Waals surface area contributed by atoms with Gasteiger partial charge in [-0.3, -0.25) is 9.78 Å². The molecule has 3 aromatic rings. The molecule has 1 N–H and O–H groups in total. The van der Waals surface area contributed by atoms with Crippen molar-refractivity contribution < 1.29 is 4.79 Å². The summed E-state index contributed by atoms with van der Waals surface area (Å²) in [5.74, 6) is 0.697. The van der Waals surface area contributed by atoms with Crippen molar-refractivity contribution in [3.05, 3.63) is 58.4 Å². The van der Waals surface area contributed by atoms with Gasteiger partial charge in [0.2, 0.25) is 0 Å². The maximum absolute atomic E-state index is 13.3. The van der Waals surface area contributed by atoms with Crippen LogP contribution in [0.4, 0.5) is 0 Å². The zero-order chi connectivity index (χ0) is 24.9. The first-order valence-electron chi connectivity index (χ1n) is 13.6. The Labute approximate surface area is 219 Å². The van der Waals surface area contributed by atoms with Gasteiger partial charge in [0.25, 0.3) is 5.91 Å². The first kappa shape index (κ1) is 24.9. The highest BCUT2D eigenvalue weighted by molar-refractivity contribution is 7.13. The highest BCUT2D eigenvalue weighted by atomic mass is 32.1. The van der Waals surface area contributed by atoms with E-state index >= 15 is 0 Å². The summed E-state index contributed by atoms with van der Waals surface area (Å²) in [5, 5.41) is 6.29. The quantitative estimate of drug-likeness (QED) is 0.325. The number of aryl methyl sites for hydroxylation is 1. The molecule has 0 aliphatic heterocycles. The lowest BCUT2D eigenvalue weighted by Crippen LogP contribution is -2.25. The first-order valence-corrected chi connectivity index (χ1v) is 14.5. The molecule has 0 bridgehead atoms. The molecule has 1 fully saturated rings. The molecule has 0 radical (unpaired) electrons. The number of rotatable bonds is 8. The fraction of sp³-hybridized carbons (Fsp3) is 0.500. The van der Waals surface area contributed by atoms with Crippen molar-refractivity contribution in [3.8, 4) is 22.0 Å². The van der Waals surface area contributed by atoms with Gasteiger partial charge in [0, 0.05) is 41.6 Å². The van der Waals surface area contributed by atoms with Gasteiger partial charge in [0.1, 0.15) is 5.01 Å². The standard InChI is InChI=1S/C30H38N4OS/c1-21-13-14-25(18-32-21)30-33-27(20-36-30)28-17-26(22(2)34(28)19-24-11-7-4-8-12-24)29(35)31-16-15-23-9-5-3-6-10-23/h9,13-14,17-18,20,24H,3-8,10-12,15-16,19H2,1-2H3,(H,31,35). The van der Waals surface area contributed by atoms with E-state index in [0.717, 1.165) is 51.9 Å². The van der Waals surface area contributed by atoms with E-state index in [0.29, 0.717) is 12.5 Å². The Hall–Kier alpha value is -2.73. The molecular formula is C30H38N4OS. The summed E-state index contributed by atoms with van der Waals surface area (Å²) in [7, 11) is 0. The molecule has 2 aliphatic rings. The van der Waals surface area contributed by atoms with Crippen molar-refractivity contribution in [2.75, 3.05) is 6.54 Å². The van der Waals surface area contributed by atoms with E-state index in [2.05, 4.69) is 45.4 Å². The normalized spacial score (nSPS) is 16.7. The van der Waals surface area contributed by atoms with Gasteiger partial charge in [0.05, 0.1) is 17.0 Å². The monoisotopic (exact) mass is 502 g/mol. The molecule has 1 amide bonds. The smallest absolute Gasteiger partial charge is 0.253 e. The van der Waals surface area contributed by atoms with Crippen molar-refractivity contribution in [1.29, 1.82) is 0 Å². The second-order valence-electron chi connectivity index (χ2n) is 10.5. The average Bonchev–Trinajstić information content (AvgIpc) is 3.51. The van der Waals surface area contributed by atoms with Crippen LogP contribution in [0.5, 0.6) is 0 Å². The summed E-state index contributed by atoms with van der Waals surface area (Å²) in [4.78, 5) is 22.7. The molecule has 3 heterocycles. The van der Waals surface area contributed by atoms with Crippen molar-refractivity contribution in [3.63, 3.8) is 0 Å². The minimum Gasteiger partial charge on any atom is -0.352 e. The number of carbonyl (C=O) groups excluding carboxylic acids is 1. The van der Waals surface area contributed by atoms with E-state index in [1.165, 1.54) is 63.4 Å². The summed E-state index contributed by atoms with van der Waals surface area (Å²) in [5.41, 5.74) is 7.37. The van der Waals surface area contributed by atoms with E-state index in [1.807, 2.05) is 19.2 Å². The van der Waals surface area contributed by atoms with Crippen molar-refractivity contribution in [2.45, 2.75) is 84.6 Å². The van der Waals surface area contributed by atoms with E-state index in [1.54, 1.807) is 11.3 Å². The van der Waals surface area contributed by atoms with Crippen LogP contribution in [0.25, 0.3) is 22.0 Å². The maximum Gasteiger partial charge on any atom is 0.253 e. The predicted octanol–water partition coefficient (Wildman–Crippen LogP) is 7.49. The second-order valence-corrected chi connectivity index (χ2v) is 11.3. The van der Waals surface area contributed by atoms with Crippen LogP contribution in [0.2, 0.25) is 0 Å². The summed E-state index contributed by atoms with van der Waals surface area (Å²) in [6.45, 7) is 5.76. The van der Waals surface area contributed by atoms with E-state index in [9.17, 15) is 4.79 Å². The number of pyridine rings is 1. The molecule has 1 saturated carbocycles. The molecule has 6 heteroatoms. The van der Waals surface area contributed by atoms with Crippen LogP contribution < -0.4 is 5.32 Å². The van der Waals surface area contributed by atoms with Crippen LogP contribution in [-0.4, -0.2) is 27.0 Å². The largest absolute Gasteiger partial charge is 0.352 e. The zero-order valence-corrected chi connectivity index (χ0v) is 22.5. The van der Waals surface area contributed by atoms with Gasteiger partial charge < -0.3 is 9.88 Å². The number of thiazole rings is 1. The Morgan fingerprint density at radius 2 is 2.00 bits per heavy atom. The second kappa shape index (κ2) is 11.5. The third-order valence-electron chi connectivity index (χ3n) is 7.82. The minimum absolute atomic E-state index is 0.0331. The number of carbonyl (C=O) groups is 1. The van der Waals surface area contributed by atoms with Crippen LogP contribution in [0, 0.1) is 19.8 Å². The number of aromatic nitrogens is 3. The molecule has 2 aliphatic carbocycles. The molecule has 3 aromatic heterocycles. The first-order chi connectivity index (χ1) is 17.6. The van der Waals surface area contributed by atoms with Crippen LogP contribution in [0.3, 0.4) is 0 Å². The van der Waals surface area contributed by atoms with Gasteiger partial charge >= 0.3 is 0 Å². The molecule has 0 aromatic carbocycles. The summed E-state index contributed by atoms with van der Waals surface area (Å²) in [6.07, 6.45) is 16.7. The lowest BCUT2D eigenvalue weighted by Gasteiger charge is -2.24. The molecule has 190 valence electrons. The van der Waals surface area contributed by atoms with Crippen LogP contribution in [0.1, 0.15) is 86.0 Å². The Morgan fingerprint density at radius 3 is 2.75 bits per heavy atom. The molecule has 0 atom stereocenters. The highest BCUT2D eigenvalue weighted by Gasteiger charge is 2.23. The molecule has 0 unspecified atom stereocenters. The molecule has 0 saturated heterocycles. The maximum atomic E-state index is 13.3. The molecule has 36 heavy (non-hydrogen) atoms. The predicted molar refractivity (Wildman–Crippen MR) is 148 cm³/mol. The summed E-state index contributed by atoms with van der Waals surface area (Å²) < 4.78 is 2.36. The number of nitrogens with one attached hydrogen (secondary N) is 1. The van der Waals surface area contributed by atoms with Crippen LogP contribution in [0.15, 0.2) is 41.4 Å². The van der Waals surface area contributed by atoms with E-state index in [-0.39, 0.29) is 5.91 Å². The Balaban J connectivity index is 1.39. The summed E-state index contributed by atoms with van der Waals surface area (Å²) in [6, 6.07) is 6.18. The van der Waals surface area contributed by atoms with Crippen molar-refractivity contribution in [2.24, 2.45) is 5.92 Å². The fourth-order valence-electron chi connectivity index (χ4n) is 5.63. The topological polar surface area (TPSA) is 59.8 Å². The number of amides is 1. The number of hydrogen-bond acceptors (Lipinski definition) is 4. The van der Waals surface area contributed by atoms with Gasteiger partial charge in [-0.1, -0.05) is 30.9 Å². The van der Waals surface area contributed by atoms with Crippen molar-refractivity contribution in [1.82, 2.24) is 19.9 Å². The Bertz CT molecular complexity index is 1210. The van der Waals surface area contributed by atoms with Crippen LogP contribution >= 0.6 is 11.3 Å². The molecular weight excluding hydrogens is 464 g/mol. The Morgan fingerprint density at radius 1 is 1.14 bits per heavy atom. The fourth-order valence-corrected chi connectivity index (χ4v) is 6.44. The summed E-state index contributed by atoms with van der Waals surface area (Å²) >= 11 is 1.64. The average molecular weight is 503 g/mol. The third kappa shape index (κ3) is 5.80. The van der Waals surface area contributed by atoms with Gasteiger partial charge in [-0.15, -0.1) is 11.3 Å². The zero-order valence-electron chi connectivity index (χ0n) is 21.7. The SMILES string of the molecule is Cc1ccc(-c2nc(-c3cc(C(=O)NCCC4=CCCCC4)c(C)n3CC3CCCCC3)cs2)cn1. The highest BCUT2D eigenvalue weighted by Crippen LogP contribution is 2.34. The van der Waals surface area contributed by atoms with Crippen LogP contribution in [-0.2, 0) is 6.54 Å². The number of nitrogens with zero attached hydrogens (tertiary/aromatic N) is 3. The molecule has 0 spiro atoms. The van der Waals surface area contributed by atoms with E-state index < -0.39 is 0 Å². The minimum atomic E-state index is 0.0331. The lowest BCUT2D eigenvalue weighted by molar-refractivity contribution is 0.0953. The number of allylic oxidation sites excluding steroid dienone is 1. The number of hydrogen-bond donors (Lipinski definition) is 1. The molecule has 5 rings (SSSR count). The third-order valence-corrected chi connectivity index (χ3v) is 8.71. The van der Waals surface area contributed by atoms with Gasteiger partial charge in [0.15, 0.2) is 0 Å². The van der Waals surface area contributed by atoms with E-state index in [4.69, 9.17) is 4.98 Å². The molecule has 5 nitrogen and oxygen atoms in total. The van der Waals surface area contributed by atoms with Crippen molar-refractivity contribution >= 4 is 17.2 Å². The van der Waals surface area contributed by atoms with Gasteiger partial charge in [-0.2, -0.15) is 0 Å².